The van der Waals surface area contributed by atoms with Crippen LogP contribution in [-0.4, -0.2) is 43.2 Å². The van der Waals surface area contributed by atoms with Crippen molar-refractivity contribution in [3.8, 4) is 11.8 Å². The molecule has 9 heteroatoms. The van der Waals surface area contributed by atoms with Gasteiger partial charge in [-0.1, -0.05) is 0 Å². The first-order chi connectivity index (χ1) is 15.5. The van der Waals surface area contributed by atoms with Crippen LogP contribution in [0.5, 0.6) is 11.8 Å². The van der Waals surface area contributed by atoms with Gasteiger partial charge in [0.25, 0.3) is 0 Å². The van der Waals surface area contributed by atoms with Gasteiger partial charge in [-0.15, -0.1) is 0 Å². The predicted octanol–water partition coefficient (Wildman–Crippen LogP) is 3.98. The van der Waals surface area contributed by atoms with E-state index in [0.717, 1.165) is 34.8 Å². The number of aliphatic hydroxyl groups excluding tert-OH is 1. The fourth-order valence-corrected chi connectivity index (χ4v) is 5.31. The molecule has 0 amide bonds. The van der Waals surface area contributed by atoms with Crippen LogP contribution in [0, 0.1) is 18.7 Å². The highest BCUT2D eigenvalue weighted by Gasteiger charge is 2.38. The minimum absolute atomic E-state index is 0.00953. The second kappa shape index (κ2) is 7.09. The number of aromatic amines is 1. The lowest BCUT2D eigenvalue weighted by atomic mass is 9.74. The molecule has 3 N–H and O–H groups in total. The smallest absolute Gasteiger partial charge is 0.324 e. The van der Waals surface area contributed by atoms with Gasteiger partial charge >= 0.3 is 6.01 Å². The molecule has 1 saturated carbocycles. The summed E-state index contributed by atoms with van der Waals surface area (Å²) in [6, 6.07) is 1.72. The summed E-state index contributed by atoms with van der Waals surface area (Å²) in [5.41, 5.74) is 3.57. The molecule has 0 saturated heterocycles. The first-order valence-corrected chi connectivity index (χ1v) is 10.9. The third kappa shape index (κ3) is 2.91. The van der Waals surface area contributed by atoms with E-state index in [9.17, 15) is 5.11 Å². The van der Waals surface area contributed by atoms with Gasteiger partial charge in [0.2, 0.25) is 0 Å². The highest BCUT2D eigenvalue weighted by Crippen LogP contribution is 2.48. The van der Waals surface area contributed by atoms with Crippen LogP contribution in [0.3, 0.4) is 0 Å². The van der Waals surface area contributed by atoms with Crippen LogP contribution in [-0.2, 0) is 6.42 Å². The first kappa shape index (κ1) is 19.4. The van der Waals surface area contributed by atoms with E-state index in [1.807, 2.05) is 0 Å². The Morgan fingerprint density at radius 1 is 1.19 bits per heavy atom. The Balaban J connectivity index is 1.61. The molecule has 8 nitrogen and oxygen atoms in total. The molecule has 3 aromatic heterocycles. The summed E-state index contributed by atoms with van der Waals surface area (Å²) in [4.78, 5) is 21.1. The molecule has 164 valence electrons. The summed E-state index contributed by atoms with van der Waals surface area (Å²) in [7, 11) is 1.77. The highest BCUT2D eigenvalue weighted by molar-refractivity contribution is 6.13. The van der Waals surface area contributed by atoms with Crippen LogP contribution in [0.25, 0.3) is 21.9 Å². The van der Waals surface area contributed by atoms with Gasteiger partial charge in [-0.3, -0.25) is 0 Å². The zero-order chi connectivity index (χ0) is 22.0. The van der Waals surface area contributed by atoms with Gasteiger partial charge < -0.3 is 20.1 Å². The van der Waals surface area contributed by atoms with Crippen LogP contribution < -0.4 is 10.1 Å². The van der Waals surface area contributed by atoms with Crippen molar-refractivity contribution in [3.05, 3.63) is 41.4 Å². The Bertz CT molecular complexity index is 1350. The third-order valence-corrected chi connectivity index (χ3v) is 6.81. The molecule has 0 radical (unpaired) electrons. The molecule has 0 unspecified atom stereocenters. The third-order valence-electron chi connectivity index (χ3n) is 6.81. The maximum atomic E-state index is 15.2. The Labute approximate surface area is 183 Å². The number of rotatable bonds is 3. The number of aromatic nitrogens is 5. The molecule has 2 aliphatic rings. The highest BCUT2D eigenvalue weighted by atomic mass is 19.1. The van der Waals surface area contributed by atoms with Crippen molar-refractivity contribution < 1.29 is 14.2 Å². The van der Waals surface area contributed by atoms with E-state index >= 15 is 4.39 Å². The van der Waals surface area contributed by atoms with Crippen LogP contribution in [0.4, 0.5) is 10.1 Å². The normalized spacial score (nSPS) is 22.2. The summed E-state index contributed by atoms with van der Waals surface area (Å²) in [6.45, 7) is 1.80. The summed E-state index contributed by atoms with van der Waals surface area (Å²) in [5, 5.41) is 15.2. The van der Waals surface area contributed by atoms with Gasteiger partial charge in [-0.05, 0) is 50.2 Å². The summed E-state index contributed by atoms with van der Waals surface area (Å²) in [6.07, 6.45) is 5.50. The second-order valence-electron chi connectivity index (χ2n) is 8.73. The minimum Gasteiger partial charge on any atom is -0.421 e. The summed E-state index contributed by atoms with van der Waals surface area (Å²) >= 11 is 0. The molecule has 0 spiro atoms. The van der Waals surface area contributed by atoms with E-state index in [1.54, 1.807) is 32.4 Å². The molecule has 2 aliphatic carbocycles. The Kier molecular flexibility index (Phi) is 4.29. The van der Waals surface area contributed by atoms with E-state index in [0.29, 0.717) is 41.3 Å². The van der Waals surface area contributed by atoms with Crippen molar-refractivity contribution in [2.75, 3.05) is 12.4 Å². The number of nitrogens with zero attached hydrogens (tertiary/aromatic N) is 4. The number of aryl methyl sites for hydroxylation is 1. The zero-order valence-electron chi connectivity index (χ0n) is 17.8. The lowest BCUT2D eigenvalue weighted by Gasteiger charge is -2.33. The van der Waals surface area contributed by atoms with Crippen molar-refractivity contribution in [3.63, 3.8) is 0 Å². The van der Waals surface area contributed by atoms with Gasteiger partial charge in [-0.25, -0.2) is 14.4 Å². The number of anilines is 1. The molecule has 3 heterocycles. The van der Waals surface area contributed by atoms with Crippen LogP contribution in [0.1, 0.15) is 42.3 Å². The summed E-state index contributed by atoms with van der Waals surface area (Å²) in [5.74, 6) is 1.04. The monoisotopic (exact) mass is 434 g/mol. The number of nitrogens with one attached hydrogen (secondary N) is 2. The molecule has 32 heavy (non-hydrogen) atoms. The molecular weight excluding hydrogens is 411 g/mol. The number of benzene rings is 1. The number of hydrogen-bond acceptors (Lipinski definition) is 7. The number of aliphatic hydroxyl groups is 1. The van der Waals surface area contributed by atoms with E-state index in [2.05, 4.69) is 25.3 Å². The quantitative estimate of drug-likeness (QED) is 0.447. The van der Waals surface area contributed by atoms with Crippen molar-refractivity contribution in [2.24, 2.45) is 5.92 Å². The average molecular weight is 434 g/mol. The fraction of sp³-hybridized carbons (Fsp3) is 0.391. The number of fused-ring (bicyclic) bond motifs is 2. The fourth-order valence-electron chi connectivity index (χ4n) is 5.31. The number of halogens is 1. The van der Waals surface area contributed by atoms with Crippen molar-refractivity contribution >= 4 is 27.6 Å². The number of H-pyrrole nitrogens is 1. The summed E-state index contributed by atoms with van der Waals surface area (Å²) < 4.78 is 21.1. The molecule has 0 aliphatic heterocycles. The largest absolute Gasteiger partial charge is 0.421 e. The van der Waals surface area contributed by atoms with Crippen LogP contribution in [0.15, 0.2) is 18.5 Å². The lowest BCUT2D eigenvalue weighted by molar-refractivity contribution is 0.0928. The molecule has 1 fully saturated rings. The lowest BCUT2D eigenvalue weighted by Crippen LogP contribution is -2.28. The van der Waals surface area contributed by atoms with Gasteiger partial charge in [0.05, 0.1) is 35.4 Å². The van der Waals surface area contributed by atoms with E-state index in [4.69, 9.17) is 9.72 Å². The van der Waals surface area contributed by atoms with Gasteiger partial charge in [0, 0.05) is 23.7 Å². The maximum absolute atomic E-state index is 15.2. The predicted molar refractivity (Wildman–Crippen MR) is 118 cm³/mol. The minimum atomic E-state index is -0.399. The van der Waals surface area contributed by atoms with E-state index in [-0.39, 0.29) is 23.7 Å². The molecule has 0 bridgehead atoms. The van der Waals surface area contributed by atoms with Crippen molar-refractivity contribution in [2.45, 2.75) is 44.6 Å². The van der Waals surface area contributed by atoms with E-state index < -0.39 is 6.10 Å². The molecular formula is C23H23FN6O2. The van der Waals surface area contributed by atoms with Gasteiger partial charge in [0.15, 0.2) is 5.75 Å². The van der Waals surface area contributed by atoms with Gasteiger partial charge in [0.1, 0.15) is 17.3 Å². The molecule has 6 rings (SSSR count). The topological polar surface area (TPSA) is 109 Å². The van der Waals surface area contributed by atoms with Crippen molar-refractivity contribution in [1.29, 1.82) is 0 Å². The van der Waals surface area contributed by atoms with E-state index in [1.165, 1.54) is 0 Å². The number of hydrogen-bond donors (Lipinski definition) is 3. The molecule has 1 aromatic carbocycles. The Morgan fingerprint density at radius 3 is 2.78 bits per heavy atom. The Hall–Kier alpha value is -3.33. The average Bonchev–Trinajstić information content (AvgIpc) is 3.09. The Morgan fingerprint density at radius 2 is 2.00 bits per heavy atom. The SMILES string of the molecule is CNc1cc(F)c2c3c1[nH]c1nc(Oc4cnc(C)nc4)nc(c13)[C@H]1C[C@@H](O)CC[C@@H]1C2. The zero-order valence-corrected chi connectivity index (χ0v) is 17.8. The van der Waals surface area contributed by atoms with Gasteiger partial charge in [-0.2, -0.15) is 9.97 Å². The van der Waals surface area contributed by atoms with Crippen LogP contribution in [0.2, 0.25) is 0 Å². The molecule has 3 atom stereocenters. The second-order valence-corrected chi connectivity index (χ2v) is 8.73. The molecule has 4 aromatic rings. The first-order valence-electron chi connectivity index (χ1n) is 10.9. The van der Waals surface area contributed by atoms with Crippen LogP contribution >= 0.6 is 0 Å². The number of ether oxygens (including phenoxy) is 1. The maximum Gasteiger partial charge on any atom is 0.324 e. The standard InChI is InChI=1S/C23H23FN6O2/c1-10-26-8-13(9-27-10)32-23-29-20-14-6-12(31)4-3-11(14)5-15-16(24)7-17(25-2)21-18(15)19(20)22(28-21)30-23/h7-9,11-12,14,25,31H,3-6H2,1-2H3,(H,28,29,30)/t11-,12+,14+/m1/s1. The van der Waals surface area contributed by atoms with Crippen molar-refractivity contribution in [1.82, 2.24) is 24.9 Å².